The Labute approximate surface area is 199 Å². The molecule has 12 heteroatoms. The van der Waals surface area contributed by atoms with E-state index in [9.17, 15) is 20.0 Å². The quantitative estimate of drug-likeness (QED) is 0.131. The zero-order valence-electron chi connectivity index (χ0n) is 16.3. The van der Waals surface area contributed by atoms with Gasteiger partial charge in [-0.1, -0.05) is 23.2 Å². The SMILES string of the molecule is O=C(O)/C(=C/c1ccc(-c2ccc([N+](=O)[O-])cc2Cl)o1)Sc1nnc(-c2ccc(Cl)cc2)o1. The number of rotatable bonds is 7. The molecular weight excluding hydrogens is 493 g/mol. The summed E-state index contributed by atoms with van der Waals surface area (Å²) >= 11 is 12.8. The number of halogens is 2. The summed E-state index contributed by atoms with van der Waals surface area (Å²) in [5.41, 5.74) is 0.906. The first-order valence-corrected chi connectivity index (χ1v) is 10.6. The van der Waals surface area contributed by atoms with Gasteiger partial charge in [-0.3, -0.25) is 10.1 Å². The average molecular weight is 504 g/mol. The number of furan rings is 1. The highest BCUT2D eigenvalue weighted by Gasteiger charge is 2.18. The zero-order valence-corrected chi connectivity index (χ0v) is 18.6. The molecule has 0 amide bonds. The number of carboxylic acids is 1. The summed E-state index contributed by atoms with van der Waals surface area (Å²) in [4.78, 5) is 21.9. The van der Waals surface area contributed by atoms with E-state index in [-0.39, 0.29) is 32.5 Å². The number of hydrogen-bond acceptors (Lipinski definition) is 8. The van der Waals surface area contributed by atoms with E-state index in [0.29, 0.717) is 21.9 Å². The number of nitrogens with zero attached hydrogens (tertiary/aromatic N) is 3. The molecule has 4 aromatic rings. The second kappa shape index (κ2) is 9.49. The van der Waals surface area contributed by atoms with Gasteiger partial charge in [-0.2, -0.15) is 0 Å². The molecule has 1 N–H and O–H groups in total. The molecule has 0 aliphatic heterocycles. The van der Waals surface area contributed by atoms with Crippen LogP contribution in [-0.4, -0.2) is 26.2 Å². The van der Waals surface area contributed by atoms with Gasteiger partial charge in [-0.25, -0.2) is 4.79 Å². The Morgan fingerprint density at radius 3 is 2.48 bits per heavy atom. The maximum Gasteiger partial charge on any atom is 0.342 e. The molecular formula is C21H11Cl2N3O6S. The molecule has 9 nitrogen and oxygen atoms in total. The number of nitro benzene ring substituents is 1. The summed E-state index contributed by atoms with van der Waals surface area (Å²) in [6, 6.07) is 13.8. The summed E-state index contributed by atoms with van der Waals surface area (Å²) in [6.07, 6.45) is 1.29. The summed E-state index contributed by atoms with van der Waals surface area (Å²) in [5.74, 6) is -0.468. The van der Waals surface area contributed by atoms with E-state index >= 15 is 0 Å². The van der Waals surface area contributed by atoms with Crippen molar-refractivity contribution < 1.29 is 23.7 Å². The van der Waals surface area contributed by atoms with Crippen molar-refractivity contribution in [3.8, 4) is 22.8 Å². The molecule has 33 heavy (non-hydrogen) atoms. The van der Waals surface area contributed by atoms with Gasteiger partial charge >= 0.3 is 5.97 Å². The lowest BCUT2D eigenvalue weighted by molar-refractivity contribution is -0.384. The van der Waals surface area contributed by atoms with E-state index in [1.54, 1.807) is 36.4 Å². The normalized spacial score (nSPS) is 11.5. The van der Waals surface area contributed by atoms with Crippen LogP contribution in [0.1, 0.15) is 5.76 Å². The first-order valence-electron chi connectivity index (χ1n) is 9.06. The number of carbonyl (C=O) groups is 1. The van der Waals surface area contributed by atoms with Crippen molar-refractivity contribution >= 4 is 52.7 Å². The number of hydrogen-bond donors (Lipinski definition) is 1. The second-order valence-electron chi connectivity index (χ2n) is 6.42. The summed E-state index contributed by atoms with van der Waals surface area (Å²) in [6.45, 7) is 0. The van der Waals surface area contributed by atoms with Crippen molar-refractivity contribution in [1.82, 2.24) is 10.2 Å². The predicted octanol–water partition coefficient (Wildman–Crippen LogP) is 6.43. The minimum Gasteiger partial charge on any atom is -0.477 e. The number of aromatic nitrogens is 2. The molecule has 0 unspecified atom stereocenters. The van der Waals surface area contributed by atoms with Crippen LogP contribution in [-0.2, 0) is 4.79 Å². The van der Waals surface area contributed by atoms with Crippen molar-refractivity contribution in [2.45, 2.75) is 5.22 Å². The number of benzene rings is 2. The minimum atomic E-state index is -1.22. The topological polar surface area (TPSA) is 132 Å². The van der Waals surface area contributed by atoms with Crippen LogP contribution in [0.3, 0.4) is 0 Å². The van der Waals surface area contributed by atoms with Crippen molar-refractivity contribution in [3.05, 3.63) is 85.4 Å². The molecule has 0 atom stereocenters. The zero-order chi connectivity index (χ0) is 23.5. The summed E-state index contributed by atoms with van der Waals surface area (Å²) in [5, 5.41) is 29.0. The Morgan fingerprint density at radius 2 is 1.82 bits per heavy atom. The van der Waals surface area contributed by atoms with Gasteiger partial charge in [0, 0.05) is 34.4 Å². The van der Waals surface area contributed by atoms with E-state index in [1.165, 1.54) is 24.3 Å². The first kappa shape index (κ1) is 22.6. The fourth-order valence-corrected chi connectivity index (χ4v) is 3.76. The number of non-ortho nitro benzene ring substituents is 1. The van der Waals surface area contributed by atoms with Gasteiger partial charge in [0.15, 0.2) is 0 Å². The largest absolute Gasteiger partial charge is 0.477 e. The maximum atomic E-state index is 11.7. The lowest BCUT2D eigenvalue weighted by Gasteiger charge is -2.01. The molecule has 0 fully saturated rings. The third kappa shape index (κ3) is 5.25. The second-order valence-corrected chi connectivity index (χ2v) is 8.26. The van der Waals surface area contributed by atoms with Gasteiger partial charge in [0.25, 0.3) is 10.9 Å². The van der Waals surface area contributed by atoms with Gasteiger partial charge < -0.3 is 13.9 Å². The molecule has 0 saturated carbocycles. The monoisotopic (exact) mass is 503 g/mol. The number of carboxylic acid groups (broad SMARTS) is 1. The molecule has 0 aliphatic rings. The van der Waals surface area contributed by atoms with Crippen molar-refractivity contribution in [1.29, 1.82) is 0 Å². The van der Waals surface area contributed by atoms with Crippen LogP contribution < -0.4 is 0 Å². The smallest absolute Gasteiger partial charge is 0.342 e. The molecule has 0 bridgehead atoms. The Morgan fingerprint density at radius 1 is 1.06 bits per heavy atom. The first-order chi connectivity index (χ1) is 15.8. The van der Waals surface area contributed by atoms with Crippen LogP contribution in [0.5, 0.6) is 0 Å². The molecule has 2 heterocycles. The molecule has 2 aromatic heterocycles. The highest BCUT2D eigenvalue weighted by atomic mass is 35.5. The fraction of sp³-hybridized carbons (Fsp3) is 0. The third-order valence-corrected chi connectivity index (χ3v) is 5.65. The Balaban J connectivity index is 1.56. The van der Waals surface area contributed by atoms with Gasteiger partial charge in [0.2, 0.25) is 5.89 Å². The molecule has 0 spiro atoms. The van der Waals surface area contributed by atoms with E-state index in [2.05, 4.69) is 10.2 Å². The fourth-order valence-electron chi connectivity index (χ4n) is 2.71. The van der Waals surface area contributed by atoms with Crippen LogP contribution in [0.4, 0.5) is 5.69 Å². The molecule has 166 valence electrons. The predicted molar refractivity (Wildman–Crippen MR) is 122 cm³/mol. The van der Waals surface area contributed by atoms with Gasteiger partial charge in [-0.15, -0.1) is 10.2 Å². The lowest BCUT2D eigenvalue weighted by Crippen LogP contribution is -1.96. The van der Waals surface area contributed by atoms with Gasteiger partial charge in [0.05, 0.1) is 9.95 Å². The maximum absolute atomic E-state index is 11.7. The Hall–Kier alpha value is -3.60. The molecule has 4 rings (SSSR count). The van der Waals surface area contributed by atoms with Crippen molar-refractivity contribution in [3.63, 3.8) is 0 Å². The number of nitro groups is 1. The molecule has 2 aromatic carbocycles. The highest BCUT2D eigenvalue weighted by Crippen LogP contribution is 2.34. The third-order valence-electron chi connectivity index (χ3n) is 4.23. The van der Waals surface area contributed by atoms with Gasteiger partial charge in [0.1, 0.15) is 16.4 Å². The number of thioether (sulfide) groups is 1. The van der Waals surface area contributed by atoms with Crippen LogP contribution in [0.2, 0.25) is 10.0 Å². The minimum absolute atomic E-state index is 0.0267. The summed E-state index contributed by atoms with van der Waals surface area (Å²) < 4.78 is 11.2. The summed E-state index contributed by atoms with van der Waals surface area (Å²) in [7, 11) is 0. The standard InChI is InChI=1S/C21H11Cl2N3O6S/c22-12-3-1-11(2-4-12)19-24-25-21(32-19)33-18(20(27)28)10-14-6-8-17(31-14)15-7-5-13(26(29)30)9-16(15)23/h1-10H,(H,27,28)/b18-10-. The molecule has 0 radical (unpaired) electrons. The van der Waals surface area contributed by atoms with Crippen LogP contribution in [0, 0.1) is 10.1 Å². The highest BCUT2D eigenvalue weighted by molar-refractivity contribution is 8.03. The Bertz CT molecular complexity index is 1380. The van der Waals surface area contributed by atoms with Crippen molar-refractivity contribution in [2.75, 3.05) is 0 Å². The van der Waals surface area contributed by atoms with E-state index in [1.807, 2.05) is 0 Å². The molecule has 0 aliphatic carbocycles. The lowest BCUT2D eigenvalue weighted by atomic mass is 10.1. The average Bonchev–Trinajstić information content (AvgIpc) is 3.43. The van der Waals surface area contributed by atoms with E-state index in [0.717, 1.165) is 11.8 Å². The van der Waals surface area contributed by atoms with Crippen LogP contribution in [0.15, 0.2) is 73.6 Å². The van der Waals surface area contributed by atoms with Crippen molar-refractivity contribution in [2.24, 2.45) is 0 Å². The number of aliphatic carboxylic acids is 1. The Kier molecular flexibility index (Phi) is 6.50. The van der Waals surface area contributed by atoms with Crippen LogP contribution >= 0.6 is 35.0 Å². The van der Waals surface area contributed by atoms with E-state index in [4.69, 9.17) is 32.0 Å². The van der Waals surface area contributed by atoms with Crippen LogP contribution in [0.25, 0.3) is 28.9 Å². The van der Waals surface area contributed by atoms with Gasteiger partial charge in [-0.05, 0) is 54.2 Å². The molecule has 0 saturated heterocycles. The van der Waals surface area contributed by atoms with E-state index < -0.39 is 10.9 Å².